The topological polar surface area (TPSA) is 50.4 Å². The van der Waals surface area contributed by atoms with Gasteiger partial charge in [-0.1, -0.05) is 35.9 Å². The van der Waals surface area contributed by atoms with E-state index in [-0.39, 0.29) is 12.5 Å². The number of amides is 1. The summed E-state index contributed by atoms with van der Waals surface area (Å²) < 4.78 is 5.24. The lowest BCUT2D eigenvalue weighted by atomic mass is 10.2. The van der Waals surface area contributed by atoms with E-state index in [0.29, 0.717) is 17.3 Å². The number of nitrogens with one attached hydrogen (secondary N) is 2. The Morgan fingerprint density at radius 1 is 1.14 bits per heavy atom. The van der Waals surface area contributed by atoms with E-state index < -0.39 is 0 Å². The van der Waals surface area contributed by atoms with Crippen molar-refractivity contribution in [2.24, 2.45) is 0 Å². The monoisotopic (exact) mass is 304 g/mol. The predicted octanol–water partition coefficient (Wildman–Crippen LogP) is 3.08. The second-order valence-corrected chi connectivity index (χ2v) is 4.82. The van der Waals surface area contributed by atoms with Crippen LogP contribution in [0.25, 0.3) is 0 Å². The van der Waals surface area contributed by atoms with Gasteiger partial charge in [0.1, 0.15) is 5.75 Å². The van der Waals surface area contributed by atoms with E-state index in [1.54, 1.807) is 13.2 Å². The molecule has 0 aliphatic carbocycles. The minimum absolute atomic E-state index is 0.110. The molecule has 0 radical (unpaired) electrons. The van der Waals surface area contributed by atoms with Crippen LogP contribution in [0.1, 0.15) is 5.56 Å². The average molecular weight is 305 g/mol. The van der Waals surface area contributed by atoms with E-state index >= 15 is 0 Å². The van der Waals surface area contributed by atoms with Gasteiger partial charge in [0, 0.05) is 22.8 Å². The lowest BCUT2D eigenvalue weighted by molar-refractivity contribution is -0.119. The van der Waals surface area contributed by atoms with E-state index in [2.05, 4.69) is 10.6 Å². The molecule has 0 saturated heterocycles. The SMILES string of the molecule is COc1cccc(Cl)c1CNC(=O)CNc1ccccc1. The van der Waals surface area contributed by atoms with E-state index in [1.807, 2.05) is 42.5 Å². The molecule has 2 N–H and O–H groups in total. The maximum absolute atomic E-state index is 11.8. The number of carbonyl (C=O) groups is 1. The van der Waals surface area contributed by atoms with Gasteiger partial charge >= 0.3 is 0 Å². The molecule has 0 aromatic heterocycles. The third-order valence-corrected chi connectivity index (χ3v) is 3.34. The van der Waals surface area contributed by atoms with E-state index in [1.165, 1.54) is 0 Å². The largest absolute Gasteiger partial charge is 0.496 e. The average Bonchev–Trinajstić information content (AvgIpc) is 2.52. The van der Waals surface area contributed by atoms with Crippen LogP contribution in [0.5, 0.6) is 5.75 Å². The molecule has 5 heteroatoms. The van der Waals surface area contributed by atoms with Crippen molar-refractivity contribution in [2.45, 2.75) is 6.54 Å². The first-order chi connectivity index (χ1) is 10.2. The molecule has 2 rings (SSSR count). The first kappa shape index (κ1) is 15.2. The summed E-state index contributed by atoms with van der Waals surface area (Å²) in [5.41, 5.74) is 1.68. The van der Waals surface area contributed by atoms with Gasteiger partial charge in [-0.05, 0) is 24.3 Å². The molecule has 1 amide bonds. The normalized spacial score (nSPS) is 10.0. The zero-order valence-electron chi connectivity index (χ0n) is 11.7. The number of hydrogen-bond acceptors (Lipinski definition) is 3. The maximum Gasteiger partial charge on any atom is 0.239 e. The standard InChI is InChI=1S/C16H17ClN2O2/c1-21-15-9-5-8-14(17)13(15)10-19-16(20)11-18-12-6-3-2-4-7-12/h2-9,18H,10-11H2,1H3,(H,19,20). The molecule has 0 fully saturated rings. The summed E-state index contributed by atoms with van der Waals surface area (Å²) in [7, 11) is 1.58. The van der Waals surface area contributed by atoms with Crippen LogP contribution in [0.3, 0.4) is 0 Å². The van der Waals surface area contributed by atoms with Crippen molar-refractivity contribution < 1.29 is 9.53 Å². The van der Waals surface area contributed by atoms with Crippen LogP contribution in [0.15, 0.2) is 48.5 Å². The molecule has 0 heterocycles. The second kappa shape index (κ2) is 7.55. The molecule has 0 spiro atoms. The van der Waals surface area contributed by atoms with Crippen molar-refractivity contribution in [2.75, 3.05) is 19.0 Å². The minimum atomic E-state index is -0.110. The summed E-state index contributed by atoms with van der Waals surface area (Å²) in [5.74, 6) is 0.555. The van der Waals surface area contributed by atoms with Gasteiger partial charge in [-0.25, -0.2) is 0 Å². The summed E-state index contributed by atoms with van der Waals surface area (Å²) in [4.78, 5) is 11.8. The number of carbonyl (C=O) groups excluding carboxylic acids is 1. The van der Waals surface area contributed by atoms with Gasteiger partial charge in [-0.15, -0.1) is 0 Å². The summed E-state index contributed by atoms with van der Waals surface area (Å²) in [6.45, 7) is 0.537. The number of hydrogen-bond donors (Lipinski definition) is 2. The summed E-state index contributed by atoms with van der Waals surface area (Å²) in [5, 5.41) is 6.44. The van der Waals surface area contributed by atoms with E-state index in [4.69, 9.17) is 16.3 Å². The number of anilines is 1. The van der Waals surface area contributed by atoms with E-state index in [0.717, 1.165) is 11.3 Å². The van der Waals surface area contributed by atoms with Crippen LogP contribution < -0.4 is 15.4 Å². The zero-order chi connectivity index (χ0) is 15.1. The molecule has 0 atom stereocenters. The highest BCUT2D eigenvalue weighted by Crippen LogP contribution is 2.25. The lowest BCUT2D eigenvalue weighted by Crippen LogP contribution is -2.29. The van der Waals surface area contributed by atoms with Crippen LogP contribution in [-0.2, 0) is 11.3 Å². The highest BCUT2D eigenvalue weighted by molar-refractivity contribution is 6.31. The third-order valence-electron chi connectivity index (χ3n) is 2.98. The number of halogens is 1. The molecule has 2 aromatic carbocycles. The van der Waals surface area contributed by atoms with Crippen LogP contribution in [0, 0.1) is 0 Å². The Bertz CT molecular complexity index is 602. The Labute approximate surface area is 129 Å². The maximum atomic E-state index is 11.8. The Kier molecular flexibility index (Phi) is 5.46. The molecule has 0 saturated carbocycles. The Hall–Kier alpha value is -2.20. The predicted molar refractivity (Wildman–Crippen MR) is 84.8 cm³/mol. The first-order valence-corrected chi connectivity index (χ1v) is 6.95. The van der Waals surface area contributed by atoms with Crippen molar-refractivity contribution in [1.82, 2.24) is 5.32 Å². The third kappa shape index (κ3) is 4.39. The molecule has 0 aliphatic heterocycles. The highest BCUT2D eigenvalue weighted by atomic mass is 35.5. The summed E-state index contributed by atoms with van der Waals surface area (Å²) in [6, 6.07) is 15.0. The van der Waals surface area contributed by atoms with Crippen LogP contribution in [0.4, 0.5) is 5.69 Å². The van der Waals surface area contributed by atoms with Crippen LogP contribution >= 0.6 is 11.6 Å². The molecule has 110 valence electrons. The van der Waals surface area contributed by atoms with Gasteiger partial charge in [0.05, 0.1) is 13.7 Å². The molecule has 4 nitrogen and oxygen atoms in total. The number of para-hydroxylation sites is 1. The number of rotatable bonds is 6. The van der Waals surface area contributed by atoms with Gasteiger partial charge in [0.25, 0.3) is 0 Å². The Morgan fingerprint density at radius 2 is 1.90 bits per heavy atom. The lowest BCUT2D eigenvalue weighted by Gasteiger charge is -2.12. The number of methoxy groups -OCH3 is 1. The quantitative estimate of drug-likeness (QED) is 0.862. The van der Waals surface area contributed by atoms with Crippen molar-refractivity contribution in [3.8, 4) is 5.75 Å². The fourth-order valence-corrected chi connectivity index (χ4v) is 2.12. The molecule has 0 unspecified atom stereocenters. The van der Waals surface area contributed by atoms with Crippen molar-refractivity contribution in [3.05, 3.63) is 59.1 Å². The van der Waals surface area contributed by atoms with Crippen molar-refractivity contribution in [1.29, 1.82) is 0 Å². The van der Waals surface area contributed by atoms with E-state index in [9.17, 15) is 4.79 Å². The van der Waals surface area contributed by atoms with Gasteiger partial charge in [-0.2, -0.15) is 0 Å². The Morgan fingerprint density at radius 3 is 2.62 bits per heavy atom. The molecule has 0 bridgehead atoms. The molecular weight excluding hydrogens is 288 g/mol. The van der Waals surface area contributed by atoms with Gasteiger partial charge in [0.2, 0.25) is 5.91 Å². The minimum Gasteiger partial charge on any atom is -0.496 e. The number of benzene rings is 2. The van der Waals surface area contributed by atoms with Gasteiger partial charge in [-0.3, -0.25) is 4.79 Å². The number of ether oxygens (including phenoxy) is 1. The first-order valence-electron chi connectivity index (χ1n) is 6.57. The molecule has 21 heavy (non-hydrogen) atoms. The summed E-state index contributed by atoms with van der Waals surface area (Å²) in [6.07, 6.45) is 0. The molecule has 2 aromatic rings. The van der Waals surface area contributed by atoms with Crippen LogP contribution in [0.2, 0.25) is 5.02 Å². The summed E-state index contributed by atoms with van der Waals surface area (Å²) >= 11 is 6.12. The molecule has 0 aliphatic rings. The fraction of sp³-hybridized carbons (Fsp3) is 0.188. The zero-order valence-corrected chi connectivity index (χ0v) is 12.5. The second-order valence-electron chi connectivity index (χ2n) is 4.42. The van der Waals surface area contributed by atoms with Crippen molar-refractivity contribution in [3.63, 3.8) is 0 Å². The van der Waals surface area contributed by atoms with Gasteiger partial charge < -0.3 is 15.4 Å². The smallest absolute Gasteiger partial charge is 0.239 e. The Balaban J connectivity index is 1.87. The molecular formula is C16H17ClN2O2. The highest BCUT2D eigenvalue weighted by Gasteiger charge is 2.09. The fourth-order valence-electron chi connectivity index (χ4n) is 1.89. The van der Waals surface area contributed by atoms with Crippen molar-refractivity contribution >= 4 is 23.2 Å². The van der Waals surface area contributed by atoms with Crippen LogP contribution in [-0.4, -0.2) is 19.6 Å². The van der Waals surface area contributed by atoms with Gasteiger partial charge in [0.15, 0.2) is 0 Å².